The number of halogens is 1. The predicted molar refractivity (Wildman–Crippen MR) is 131 cm³/mol. The lowest BCUT2D eigenvalue weighted by molar-refractivity contribution is -0.132. The van der Waals surface area contributed by atoms with E-state index in [0.29, 0.717) is 38.3 Å². The Balaban J connectivity index is 1.31. The first kappa shape index (κ1) is 24.1. The average Bonchev–Trinajstić information content (AvgIpc) is 2.92. The summed E-state index contributed by atoms with van der Waals surface area (Å²) in [5.41, 5.74) is 2.09. The first-order valence-electron chi connectivity index (χ1n) is 11.5. The van der Waals surface area contributed by atoms with Gasteiger partial charge in [0, 0.05) is 43.9 Å². The Morgan fingerprint density at radius 3 is 2.20 bits per heavy atom. The van der Waals surface area contributed by atoms with Crippen LogP contribution in [0.25, 0.3) is 11.3 Å². The molecular formula is C26H28FN5O3. The Morgan fingerprint density at radius 1 is 0.943 bits per heavy atom. The van der Waals surface area contributed by atoms with Crippen LogP contribution >= 0.6 is 0 Å². The lowest BCUT2D eigenvalue weighted by Crippen LogP contribution is -2.52. The minimum atomic E-state index is -0.404. The van der Waals surface area contributed by atoms with Crippen molar-refractivity contribution < 1.29 is 18.7 Å². The Labute approximate surface area is 203 Å². The van der Waals surface area contributed by atoms with Crippen molar-refractivity contribution in [1.82, 2.24) is 20.0 Å². The molecule has 0 unspecified atom stereocenters. The van der Waals surface area contributed by atoms with Crippen molar-refractivity contribution in [3.8, 4) is 17.0 Å². The number of anilines is 1. The van der Waals surface area contributed by atoms with Crippen LogP contribution in [-0.4, -0.2) is 78.2 Å². The monoisotopic (exact) mass is 477 g/mol. The zero-order valence-electron chi connectivity index (χ0n) is 19.9. The van der Waals surface area contributed by atoms with Crippen LogP contribution in [0.5, 0.6) is 5.75 Å². The maximum atomic E-state index is 13.2. The third kappa shape index (κ3) is 5.74. The van der Waals surface area contributed by atoms with Gasteiger partial charge in [0.05, 0.1) is 12.8 Å². The van der Waals surface area contributed by atoms with E-state index < -0.39 is 5.82 Å². The molecule has 2 amide bonds. The molecule has 35 heavy (non-hydrogen) atoms. The van der Waals surface area contributed by atoms with Crippen LogP contribution in [0.15, 0.2) is 60.7 Å². The number of carbonyl (C=O) groups is 2. The third-order valence-corrected chi connectivity index (χ3v) is 6.08. The van der Waals surface area contributed by atoms with E-state index in [0.717, 1.165) is 22.8 Å². The summed E-state index contributed by atoms with van der Waals surface area (Å²) in [5.74, 6) is 0.747. The summed E-state index contributed by atoms with van der Waals surface area (Å²) in [6.45, 7) is 4.51. The van der Waals surface area contributed by atoms with Crippen molar-refractivity contribution in [3.05, 3.63) is 72.0 Å². The van der Waals surface area contributed by atoms with Crippen LogP contribution in [0.3, 0.4) is 0 Å². The smallest absolute Gasteiger partial charge is 0.254 e. The van der Waals surface area contributed by atoms with Gasteiger partial charge in [-0.3, -0.25) is 9.59 Å². The molecule has 0 aliphatic carbocycles. The first-order valence-corrected chi connectivity index (χ1v) is 11.5. The van der Waals surface area contributed by atoms with Gasteiger partial charge in [-0.05, 0) is 67.6 Å². The third-order valence-electron chi connectivity index (χ3n) is 6.08. The summed E-state index contributed by atoms with van der Waals surface area (Å²) in [6.07, 6.45) is 0. The molecule has 0 radical (unpaired) electrons. The van der Waals surface area contributed by atoms with Crippen LogP contribution in [-0.2, 0) is 4.79 Å². The molecule has 0 spiro atoms. The largest absolute Gasteiger partial charge is 0.497 e. The number of hydrogen-bond donors (Lipinski definition) is 0. The Hall–Kier alpha value is -4.01. The quantitative estimate of drug-likeness (QED) is 0.520. The molecule has 8 nitrogen and oxygen atoms in total. The number of ether oxygens (including phenoxy) is 1. The van der Waals surface area contributed by atoms with Crippen LogP contribution < -0.4 is 9.64 Å². The van der Waals surface area contributed by atoms with Gasteiger partial charge >= 0.3 is 0 Å². The van der Waals surface area contributed by atoms with E-state index in [9.17, 15) is 14.0 Å². The number of hydrogen-bond acceptors (Lipinski definition) is 6. The summed E-state index contributed by atoms with van der Waals surface area (Å²) in [5, 5.41) is 8.73. The molecule has 182 valence electrons. The summed E-state index contributed by atoms with van der Waals surface area (Å²) >= 11 is 0. The van der Waals surface area contributed by atoms with Gasteiger partial charge in [-0.2, -0.15) is 0 Å². The van der Waals surface area contributed by atoms with Crippen molar-refractivity contribution in [2.24, 2.45) is 0 Å². The fraction of sp³-hybridized carbons (Fsp3) is 0.308. The Kier molecular flexibility index (Phi) is 7.54. The van der Waals surface area contributed by atoms with Gasteiger partial charge in [0.2, 0.25) is 5.91 Å². The second-order valence-corrected chi connectivity index (χ2v) is 8.20. The maximum absolute atomic E-state index is 13.2. The fourth-order valence-corrected chi connectivity index (χ4v) is 3.96. The van der Waals surface area contributed by atoms with Crippen molar-refractivity contribution in [3.63, 3.8) is 0 Å². The lowest BCUT2D eigenvalue weighted by Gasteiger charge is -2.36. The molecule has 0 saturated carbocycles. The number of piperazine rings is 1. The molecule has 1 fully saturated rings. The van der Waals surface area contributed by atoms with E-state index in [-0.39, 0.29) is 18.4 Å². The zero-order chi connectivity index (χ0) is 24.8. The summed E-state index contributed by atoms with van der Waals surface area (Å²) in [4.78, 5) is 30.9. The number of nitrogens with zero attached hydrogens (tertiary/aromatic N) is 5. The van der Waals surface area contributed by atoms with E-state index >= 15 is 0 Å². The topological polar surface area (TPSA) is 78.9 Å². The highest BCUT2D eigenvalue weighted by Gasteiger charge is 2.25. The summed E-state index contributed by atoms with van der Waals surface area (Å²) in [6, 6.07) is 16.9. The second-order valence-electron chi connectivity index (χ2n) is 8.20. The second kappa shape index (κ2) is 10.9. The standard InChI is InChI=1S/C26H28FN5O3/c1-3-30(26(34)20-4-8-21(27)9-5-20)18-25(33)32-16-14-31(15-17-32)24-13-12-23(28-29-24)19-6-10-22(35-2)11-7-19/h4-13H,3,14-18H2,1-2H3. The van der Waals surface area contributed by atoms with Crippen molar-refractivity contribution in [1.29, 1.82) is 0 Å². The number of benzene rings is 2. The number of likely N-dealkylation sites (N-methyl/N-ethyl adjacent to an activating group) is 1. The number of methoxy groups -OCH3 is 1. The molecule has 4 rings (SSSR count). The van der Waals surface area contributed by atoms with Gasteiger partial charge in [-0.15, -0.1) is 10.2 Å². The van der Waals surface area contributed by atoms with Gasteiger partial charge in [0.25, 0.3) is 5.91 Å². The molecule has 0 bridgehead atoms. The molecule has 3 aromatic rings. The van der Waals surface area contributed by atoms with Crippen molar-refractivity contribution in [2.75, 3.05) is 51.3 Å². The van der Waals surface area contributed by atoms with Gasteiger partial charge in [-0.1, -0.05) is 0 Å². The van der Waals surface area contributed by atoms with Gasteiger partial charge in [0.15, 0.2) is 5.82 Å². The highest BCUT2D eigenvalue weighted by atomic mass is 19.1. The van der Waals surface area contributed by atoms with Gasteiger partial charge < -0.3 is 19.4 Å². The molecule has 0 N–H and O–H groups in total. The van der Waals surface area contributed by atoms with Crippen molar-refractivity contribution >= 4 is 17.6 Å². The average molecular weight is 478 g/mol. The van der Waals surface area contributed by atoms with Crippen LogP contribution in [0, 0.1) is 5.82 Å². The molecular weight excluding hydrogens is 449 g/mol. The molecule has 0 atom stereocenters. The van der Waals surface area contributed by atoms with Crippen molar-refractivity contribution in [2.45, 2.75) is 6.92 Å². The van der Waals surface area contributed by atoms with E-state index in [1.807, 2.05) is 43.3 Å². The van der Waals surface area contributed by atoms with Gasteiger partial charge in [0.1, 0.15) is 18.1 Å². The van der Waals surface area contributed by atoms with Crippen LogP contribution in [0.1, 0.15) is 17.3 Å². The molecule has 1 aliphatic rings. The Bertz CT molecular complexity index is 1150. The minimum absolute atomic E-state index is 0.0108. The molecule has 2 aromatic carbocycles. The number of amides is 2. The predicted octanol–water partition coefficient (Wildman–Crippen LogP) is 3.10. The highest BCUT2D eigenvalue weighted by Crippen LogP contribution is 2.22. The number of aromatic nitrogens is 2. The lowest BCUT2D eigenvalue weighted by atomic mass is 10.1. The molecule has 1 aromatic heterocycles. The fourth-order valence-electron chi connectivity index (χ4n) is 3.96. The van der Waals surface area contributed by atoms with E-state index in [1.54, 1.807) is 12.0 Å². The van der Waals surface area contributed by atoms with E-state index in [2.05, 4.69) is 15.1 Å². The Morgan fingerprint density at radius 2 is 1.63 bits per heavy atom. The summed E-state index contributed by atoms with van der Waals surface area (Å²) in [7, 11) is 1.63. The summed E-state index contributed by atoms with van der Waals surface area (Å²) < 4.78 is 18.4. The minimum Gasteiger partial charge on any atom is -0.497 e. The van der Waals surface area contributed by atoms with Gasteiger partial charge in [-0.25, -0.2) is 4.39 Å². The highest BCUT2D eigenvalue weighted by molar-refractivity contribution is 5.96. The van der Waals surface area contributed by atoms with E-state index in [4.69, 9.17) is 4.74 Å². The molecule has 9 heteroatoms. The van der Waals surface area contributed by atoms with Crippen LogP contribution in [0.2, 0.25) is 0 Å². The first-order chi connectivity index (χ1) is 17.0. The molecule has 2 heterocycles. The maximum Gasteiger partial charge on any atom is 0.254 e. The molecule has 1 aliphatic heterocycles. The number of carbonyl (C=O) groups excluding carboxylic acids is 2. The normalized spacial score (nSPS) is 13.5. The number of rotatable bonds is 7. The molecule has 1 saturated heterocycles. The van der Waals surface area contributed by atoms with E-state index in [1.165, 1.54) is 29.2 Å². The zero-order valence-corrected chi connectivity index (χ0v) is 19.9. The SMILES string of the molecule is CCN(CC(=O)N1CCN(c2ccc(-c3ccc(OC)cc3)nn2)CC1)C(=O)c1ccc(F)cc1. The van der Waals surface area contributed by atoms with Crippen LogP contribution in [0.4, 0.5) is 10.2 Å².